The molecule has 0 aromatic rings. The number of amides is 3. The summed E-state index contributed by atoms with van der Waals surface area (Å²) in [4.78, 5) is 33.3. The largest absolute Gasteiger partial charge is 0.327 e. The molecule has 1 N–H and O–H groups in total. The topological polar surface area (TPSA) is 79.4 Å². The number of nitrogens with one attached hydrogen (secondary N) is 1. The van der Waals surface area contributed by atoms with Gasteiger partial charge in [0.2, 0.25) is 17.7 Å². The molecule has 3 amide bonds. The zero-order valence-corrected chi connectivity index (χ0v) is 43.6. The van der Waals surface area contributed by atoms with Crippen LogP contribution in [0.25, 0.3) is 0 Å². The first-order chi connectivity index (χ1) is 29.9. The molecule has 62 heavy (non-hydrogen) atoms. The van der Waals surface area contributed by atoms with Crippen LogP contribution in [0.3, 0.4) is 0 Å². The number of allylic oxidation sites excluding steroid dienone is 6. The summed E-state index contributed by atoms with van der Waals surface area (Å²) in [6.45, 7) is 30.2. The van der Waals surface area contributed by atoms with Crippen molar-refractivity contribution < 1.29 is 17.2 Å². The fourth-order valence-corrected chi connectivity index (χ4v) is 10.2. The van der Waals surface area contributed by atoms with Crippen LogP contribution in [-0.4, -0.2) is 100.0 Å². The summed E-state index contributed by atoms with van der Waals surface area (Å²) in [5, 5.41) is 3.46. The van der Waals surface area contributed by atoms with Gasteiger partial charge in [0.15, 0.2) is 0 Å². The smallest absolute Gasteiger partial charge is 0.249 e. The van der Waals surface area contributed by atoms with E-state index in [0.717, 1.165) is 49.7 Å². The SMILES string of the molecule is C1CCC2CNCC2C1.C=C/C=C/C(=O)N(P)CC=C.C=C/C=C/CN(P)C(=O)C=C.C=C/C=C/CN(P)CC=C.O=C1C2CCCCC2CN1P.PN1CC2CCCCC2C1.[2HH].[2HH]. The molecular formula is C48H87N6O3P5. The third kappa shape index (κ3) is 25.0. The maximum Gasteiger partial charge on any atom is 0.249 e. The Morgan fingerprint density at radius 2 is 1.08 bits per heavy atom. The summed E-state index contributed by atoms with van der Waals surface area (Å²) < 4.78 is 9.27. The van der Waals surface area contributed by atoms with Crippen molar-refractivity contribution in [2.45, 2.75) is 77.0 Å². The first-order valence-electron chi connectivity index (χ1n) is 22.4. The molecule has 0 aromatic carbocycles. The van der Waals surface area contributed by atoms with Crippen LogP contribution >= 0.6 is 47.0 Å². The maximum absolute atomic E-state index is 11.4. The first-order valence-corrected chi connectivity index (χ1v) is 25.0. The van der Waals surface area contributed by atoms with Gasteiger partial charge in [-0.15, -0.1) is 13.2 Å². The molecule has 3 aliphatic heterocycles. The van der Waals surface area contributed by atoms with Crippen molar-refractivity contribution in [2.24, 2.45) is 35.5 Å². The van der Waals surface area contributed by atoms with E-state index < -0.39 is 0 Å². The second-order valence-electron chi connectivity index (χ2n) is 16.5. The lowest BCUT2D eigenvalue weighted by Crippen LogP contribution is -2.20. The van der Waals surface area contributed by atoms with Crippen molar-refractivity contribution >= 4 is 64.7 Å². The molecule has 0 aromatic heterocycles. The molecule has 6 fully saturated rings. The van der Waals surface area contributed by atoms with E-state index in [1.54, 1.807) is 36.5 Å². The zero-order chi connectivity index (χ0) is 46.1. The van der Waals surface area contributed by atoms with Gasteiger partial charge in [0.25, 0.3) is 0 Å². The Morgan fingerprint density at radius 1 is 0.613 bits per heavy atom. The quantitative estimate of drug-likeness (QED) is 0.0858. The summed E-state index contributed by atoms with van der Waals surface area (Å²) in [6.07, 6.45) is 37.4. The van der Waals surface area contributed by atoms with Crippen molar-refractivity contribution in [3.05, 3.63) is 112 Å². The highest BCUT2D eigenvalue weighted by molar-refractivity contribution is 7.15. The Morgan fingerprint density at radius 3 is 1.56 bits per heavy atom. The molecule has 14 heteroatoms. The number of fused-ring (bicyclic) bond motifs is 3. The van der Waals surface area contributed by atoms with Crippen molar-refractivity contribution in [1.29, 1.82) is 0 Å². The average Bonchev–Trinajstić information content (AvgIpc) is 4.00. The standard InChI is InChI=1S/C8H14NOP.2C8H12NOP.C8H16NP.C8H14NP.C8H15N.2H2/c10-8-7-4-2-1-3-6(7)5-9(8)11;1-3-5-6-7-9(11)8(10)4-2;1-3-5-6-8(10)9(11)7-4-2;10-9-5-7-3-1-2-4-8(7)6-9;1-3-5-6-8-9(10)7-4-2;1-2-4-8-6-9-5-7(8)3-1;;/h6-7H,1-5,11H2;2*3-6H,1-2,7,11H2;7-8H,1-6,10H2;3-6H,1-2,7-8,10H2;7-9H,1-6H2;2*1H/b;2*6-5+;;6-5+;;;/i;;;;;;2*1+1. The minimum atomic E-state index is -0.108. The third-order valence-electron chi connectivity index (χ3n) is 11.8. The molecule has 0 radical (unpaired) electrons. The van der Waals surface area contributed by atoms with Crippen LogP contribution in [0.5, 0.6) is 0 Å². The van der Waals surface area contributed by atoms with Crippen molar-refractivity contribution in [1.82, 2.24) is 28.7 Å². The minimum absolute atomic E-state index is 0. The molecule has 3 saturated carbocycles. The molecule has 6 aliphatic rings. The number of hydrogen-bond donors (Lipinski definition) is 1. The number of hydrogen-bond acceptors (Lipinski definition) is 6. The molecule has 3 heterocycles. The van der Waals surface area contributed by atoms with E-state index >= 15 is 0 Å². The van der Waals surface area contributed by atoms with Crippen LogP contribution in [-0.2, 0) is 14.4 Å². The fraction of sp³-hybridized carbons (Fsp3) is 0.562. The summed E-state index contributed by atoms with van der Waals surface area (Å²) in [5.41, 5.74) is 0. The predicted molar refractivity (Wildman–Crippen MR) is 289 cm³/mol. The van der Waals surface area contributed by atoms with Crippen LogP contribution in [0.15, 0.2) is 112 Å². The van der Waals surface area contributed by atoms with E-state index in [1.165, 1.54) is 118 Å². The molecule has 3 aliphatic carbocycles. The van der Waals surface area contributed by atoms with Gasteiger partial charge in [-0.3, -0.25) is 23.7 Å². The highest BCUT2D eigenvalue weighted by atomic mass is 31.0. The van der Waals surface area contributed by atoms with Gasteiger partial charge in [-0.25, -0.2) is 0 Å². The van der Waals surface area contributed by atoms with E-state index in [1.807, 2.05) is 29.0 Å². The summed E-state index contributed by atoms with van der Waals surface area (Å²) in [5.74, 6) is 5.43. The number of carbonyl (C=O) groups is 3. The Kier molecular flexibility index (Phi) is 34.1. The third-order valence-corrected chi connectivity index (χ3v) is 14.1. The van der Waals surface area contributed by atoms with Crippen LogP contribution < -0.4 is 5.32 Å². The highest BCUT2D eigenvalue weighted by Gasteiger charge is 2.39. The number of nitrogens with zero attached hydrogens (tertiary/aromatic N) is 5. The lowest BCUT2D eigenvalue weighted by molar-refractivity contribution is -0.127. The summed E-state index contributed by atoms with van der Waals surface area (Å²) in [7, 11) is 12.6. The van der Waals surface area contributed by atoms with Gasteiger partial charge in [0.05, 0.1) is 0 Å². The van der Waals surface area contributed by atoms with Crippen molar-refractivity contribution in [3.8, 4) is 0 Å². The molecule has 11 unspecified atom stereocenters. The zero-order valence-electron chi connectivity index (χ0n) is 37.8. The normalized spacial score (nSPS) is 24.7. The maximum atomic E-state index is 11.4. The molecule has 3 saturated heterocycles. The lowest BCUT2D eigenvalue weighted by Gasteiger charge is -2.23. The molecule has 9 nitrogen and oxygen atoms in total. The van der Waals surface area contributed by atoms with Crippen molar-refractivity contribution in [3.63, 3.8) is 0 Å². The molecule has 11 atom stereocenters. The molecule has 0 spiro atoms. The van der Waals surface area contributed by atoms with E-state index in [0.29, 0.717) is 30.8 Å². The van der Waals surface area contributed by atoms with Crippen LogP contribution in [0, 0.1) is 35.5 Å². The monoisotopic (exact) mass is 953 g/mol. The summed E-state index contributed by atoms with van der Waals surface area (Å²) in [6, 6.07) is 0. The molecule has 352 valence electrons. The van der Waals surface area contributed by atoms with E-state index in [-0.39, 0.29) is 14.7 Å². The van der Waals surface area contributed by atoms with E-state index in [4.69, 9.17) is 0 Å². The Labute approximate surface area is 392 Å². The van der Waals surface area contributed by atoms with Crippen molar-refractivity contribution in [2.75, 3.05) is 58.9 Å². The van der Waals surface area contributed by atoms with E-state index in [9.17, 15) is 14.4 Å². The Hall–Kier alpha value is -1.90. The van der Waals surface area contributed by atoms with Gasteiger partial charge < -0.3 is 19.3 Å². The minimum Gasteiger partial charge on any atom is -0.327 e. The Bertz CT molecular complexity index is 1450. The molecular weight excluding hydrogens is 863 g/mol. The van der Waals surface area contributed by atoms with Crippen LogP contribution in [0.1, 0.15) is 79.9 Å². The van der Waals surface area contributed by atoms with Crippen LogP contribution in [0.4, 0.5) is 0 Å². The molecule has 0 bridgehead atoms. The van der Waals surface area contributed by atoms with Gasteiger partial charge in [0.1, 0.15) is 0 Å². The average molecular weight is 953 g/mol. The molecule has 6 rings (SSSR count). The van der Waals surface area contributed by atoms with Gasteiger partial charge in [0, 0.05) is 60.7 Å². The number of carbonyl (C=O) groups excluding carboxylic acids is 3. The predicted octanol–water partition coefficient (Wildman–Crippen LogP) is 10.3. The van der Waals surface area contributed by atoms with Gasteiger partial charge in [-0.05, 0) is 115 Å². The lowest BCUT2D eigenvalue weighted by atomic mass is 9.81. The number of rotatable bonds is 13. The summed E-state index contributed by atoms with van der Waals surface area (Å²) >= 11 is 0. The van der Waals surface area contributed by atoms with Gasteiger partial charge >= 0.3 is 0 Å². The second-order valence-corrected chi connectivity index (χ2v) is 19.8. The van der Waals surface area contributed by atoms with Gasteiger partial charge in [-0.1, -0.05) is 144 Å². The van der Waals surface area contributed by atoms with E-state index in [2.05, 4.69) is 101 Å². The fourth-order valence-electron chi connectivity index (χ4n) is 8.51. The van der Waals surface area contributed by atoms with Gasteiger partial charge in [-0.2, -0.15) is 0 Å². The second kappa shape index (κ2) is 36.3. The Balaban J connectivity index is 0. The highest BCUT2D eigenvalue weighted by Crippen LogP contribution is 2.38. The van der Waals surface area contributed by atoms with Crippen LogP contribution in [0.2, 0.25) is 0 Å². The first kappa shape index (κ1) is 58.1.